The lowest BCUT2D eigenvalue weighted by molar-refractivity contribution is 0.414. The minimum absolute atomic E-state index is 0. The molecule has 0 radical (unpaired) electrons. The molecule has 23 heavy (non-hydrogen) atoms. The molecule has 0 fully saturated rings. The average Bonchev–Trinajstić information content (AvgIpc) is 3.03. The Morgan fingerprint density at radius 3 is 2.74 bits per heavy atom. The number of hydrogen-bond acceptors (Lipinski definition) is 3. The minimum Gasteiger partial charge on any atom is -0.497 e. The van der Waals surface area contributed by atoms with E-state index in [9.17, 15) is 0 Å². The number of ether oxygens (including phenoxy) is 1. The molecule has 2 aromatic rings. The second kappa shape index (κ2) is 10.1. The molecule has 0 aliphatic carbocycles. The number of nitrogens with one attached hydrogen (secondary N) is 2. The average molecular weight is 429 g/mol. The molecule has 5 nitrogen and oxygen atoms in total. The van der Waals surface area contributed by atoms with Crippen LogP contribution in [-0.2, 0) is 13.1 Å². The van der Waals surface area contributed by atoms with Gasteiger partial charge in [0.05, 0.1) is 26.5 Å². The summed E-state index contributed by atoms with van der Waals surface area (Å²) < 4.78 is 10.6. The second-order valence-electron chi connectivity index (χ2n) is 4.99. The van der Waals surface area contributed by atoms with Gasteiger partial charge < -0.3 is 19.8 Å². The number of aryl methyl sites for hydroxylation is 1. The predicted molar refractivity (Wildman–Crippen MR) is 104 cm³/mol. The molecule has 0 bridgehead atoms. The fourth-order valence-electron chi connectivity index (χ4n) is 2.13. The van der Waals surface area contributed by atoms with Crippen molar-refractivity contribution >= 4 is 29.9 Å². The fourth-order valence-corrected chi connectivity index (χ4v) is 2.13. The highest BCUT2D eigenvalue weighted by atomic mass is 127. The summed E-state index contributed by atoms with van der Waals surface area (Å²) in [5.74, 6) is 2.50. The third-order valence-electron chi connectivity index (χ3n) is 3.12. The Labute approximate surface area is 154 Å². The maximum absolute atomic E-state index is 5.31. The van der Waals surface area contributed by atoms with Gasteiger partial charge >= 0.3 is 0 Å². The van der Waals surface area contributed by atoms with Gasteiger partial charge in [-0.15, -0.1) is 24.0 Å². The van der Waals surface area contributed by atoms with Crippen molar-refractivity contribution in [3.8, 4) is 5.75 Å². The van der Waals surface area contributed by atoms with Gasteiger partial charge in [-0.3, -0.25) is 0 Å². The van der Waals surface area contributed by atoms with Crippen LogP contribution in [0.25, 0.3) is 0 Å². The molecular formula is C17H24IN3O2. The molecule has 0 saturated heterocycles. The zero-order chi connectivity index (χ0) is 15.8. The van der Waals surface area contributed by atoms with Crippen LogP contribution in [-0.4, -0.2) is 19.6 Å². The van der Waals surface area contributed by atoms with Crippen molar-refractivity contribution in [3.05, 3.63) is 53.5 Å². The molecule has 1 aromatic heterocycles. The lowest BCUT2D eigenvalue weighted by atomic mass is 10.1. The Kier molecular flexibility index (Phi) is 8.53. The Hall–Kier alpha value is -1.70. The van der Waals surface area contributed by atoms with E-state index >= 15 is 0 Å². The van der Waals surface area contributed by atoms with E-state index in [0.717, 1.165) is 35.1 Å². The van der Waals surface area contributed by atoms with Crippen molar-refractivity contribution in [3.63, 3.8) is 0 Å². The summed E-state index contributed by atoms with van der Waals surface area (Å²) in [6.45, 7) is 6.10. The molecule has 1 heterocycles. The maximum atomic E-state index is 5.31. The van der Waals surface area contributed by atoms with Gasteiger partial charge in [-0.2, -0.15) is 0 Å². The molecule has 0 spiro atoms. The molecule has 2 N–H and O–H groups in total. The Morgan fingerprint density at radius 1 is 1.26 bits per heavy atom. The summed E-state index contributed by atoms with van der Waals surface area (Å²) in [5.41, 5.74) is 2.28. The molecule has 0 atom stereocenters. The molecule has 6 heteroatoms. The summed E-state index contributed by atoms with van der Waals surface area (Å²) >= 11 is 0. The Morgan fingerprint density at radius 2 is 2.09 bits per heavy atom. The van der Waals surface area contributed by atoms with Gasteiger partial charge in [0.15, 0.2) is 5.96 Å². The Bertz CT molecular complexity index is 612. The van der Waals surface area contributed by atoms with Crippen LogP contribution in [0.5, 0.6) is 5.75 Å². The molecule has 0 unspecified atom stereocenters. The van der Waals surface area contributed by atoms with Crippen LogP contribution in [0.2, 0.25) is 0 Å². The van der Waals surface area contributed by atoms with E-state index in [-0.39, 0.29) is 24.0 Å². The number of nitrogens with zero attached hydrogens (tertiary/aromatic N) is 1. The summed E-state index contributed by atoms with van der Waals surface area (Å²) in [7, 11) is 1.68. The number of benzene rings is 1. The largest absolute Gasteiger partial charge is 0.497 e. The second-order valence-corrected chi connectivity index (χ2v) is 4.99. The van der Waals surface area contributed by atoms with Crippen LogP contribution >= 0.6 is 24.0 Å². The number of aliphatic imine (C=N–C) groups is 1. The number of methoxy groups -OCH3 is 1. The summed E-state index contributed by atoms with van der Waals surface area (Å²) in [6.07, 6.45) is 1.67. The van der Waals surface area contributed by atoms with E-state index < -0.39 is 0 Å². The normalized spacial score (nSPS) is 10.8. The van der Waals surface area contributed by atoms with E-state index in [0.29, 0.717) is 13.1 Å². The first kappa shape index (κ1) is 19.3. The van der Waals surface area contributed by atoms with E-state index in [1.807, 2.05) is 31.2 Å². The molecule has 1 aromatic carbocycles. The van der Waals surface area contributed by atoms with Crippen molar-refractivity contribution in [2.24, 2.45) is 4.99 Å². The van der Waals surface area contributed by atoms with E-state index in [4.69, 9.17) is 9.15 Å². The highest BCUT2D eigenvalue weighted by Gasteiger charge is 2.02. The summed E-state index contributed by atoms with van der Waals surface area (Å²) in [4.78, 5) is 4.60. The highest BCUT2D eigenvalue weighted by molar-refractivity contribution is 14.0. The molecular weight excluding hydrogens is 405 g/mol. The monoisotopic (exact) mass is 429 g/mol. The molecule has 0 amide bonds. The number of rotatable bonds is 6. The topological polar surface area (TPSA) is 58.8 Å². The van der Waals surface area contributed by atoms with Gasteiger partial charge in [0.2, 0.25) is 0 Å². The fraction of sp³-hybridized carbons (Fsp3) is 0.353. The first-order valence-corrected chi connectivity index (χ1v) is 7.40. The van der Waals surface area contributed by atoms with Crippen LogP contribution in [0.1, 0.15) is 23.8 Å². The molecule has 0 aliphatic rings. The number of furan rings is 1. The maximum Gasteiger partial charge on any atom is 0.191 e. The van der Waals surface area contributed by atoms with Crippen molar-refractivity contribution in [2.75, 3.05) is 13.7 Å². The SMILES string of the molecule is CCNC(=NCc1cc(C)cc(OC)c1)NCc1ccco1.I. The minimum atomic E-state index is 0. The number of guanidine groups is 1. The van der Waals surface area contributed by atoms with Crippen LogP contribution in [0, 0.1) is 6.92 Å². The summed E-state index contributed by atoms with van der Waals surface area (Å²) in [6, 6.07) is 9.93. The zero-order valence-corrected chi connectivity index (χ0v) is 16.1. The quantitative estimate of drug-likeness (QED) is 0.420. The molecule has 126 valence electrons. The molecule has 0 aliphatic heterocycles. The smallest absolute Gasteiger partial charge is 0.191 e. The standard InChI is InChI=1S/C17H23N3O2.HI/c1-4-18-17(20-12-15-6-5-7-22-15)19-11-14-8-13(2)9-16(10-14)21-3;/h5-10H,4,11-12H2,1-3H3,(H2,18,19,20);1H. The van der Waals surface area contributed by atoms with Crippen molar-refractivity contribution in [1.82, 2.24) is 10.6 Å². The van der Waals surface area contributed by atoms with Gasteiger partial charge in [0.1, 0.15) is 11.5 Å². The van der Waals surface area contributed by atoms with Gasteiger partial charge in [0, 0.05) is 6.54 Å². The van der Waals surface area contributed by atoms with Crippen LogP contribution in [0.4, 0.5) is 0 Å². The number of hydrogen-bond donors (Lipinski definition) is 2. The van der Waals surface area contributed by atoms with Crippen LogP contribution in [0.3, 0.4) is 0 Å². The first-order valence-electron chi connectivity index (χ1n) is 7.40. The van der Waals surface area contributed by atoms with Crippen LogP contribution in [0.15, 0.2) is 46.0 Å². The van der Waals surface area contributed by atoms with Crippen molar-refractivity contribution < 1.29 is 9.15 Å². The number of halogens is 1. The van der Waals surface area contributed by atoms with Crippen molar-refractivity contribution in [2.45, 2.75) is 26.9 Å². The highest BCUT2D eigenvalue weighted by Crippen LogP contribution is 2.16. The lowest BCUT2D eigenvalue weighted by Crippen LogP contribution is -2.36. The Balaban J connectivity index is 0.00000264. The van der Waals surface area contributed by atoms with E-state index in [2.05, 4.69) is 28.6 Å². The van der Waals surface area contributed by atoms with E-state index in [1.165, 1.54) is 0 Å². The lowest BCUT2D eigenvalue weighted by Gasteiger charge is -2.11. The molecule has 0 saturated carbocycles. The van der Waals surface area contributed by atoms with Gasteiger partial charge in [-0.1, -0.05) is 6.07 Å². The van der Waals surface area contributed by atoms with Gasteiger partial charge in [-0.05, 0) is 49.2 Å². The first-order chi connectivity index (χ1) is 10.7. The third kappa shape index (κ3) is 6.52. The van der Waals surface area contributed by atoms with Gasteiger partial charge in [0.25, 0.3) is 0 Å². The predicted octanol–water partition coefficient (Wildman–Crippen LogP) is 3.47. The van der Waals surface area contributed by atoms with Crippen molar-refractivity contribution in [1.29, 1.82) is 0 Å². The summed E-state index contributed by atoms with van der Waals surface area (Å²) in [5, 5.41) is 6.47. The van der Waals surface area contributed by atoms with E-state index in [1.54, 1.807) is 13.4 Å². The molecule has 2 rings (SSSR count). The zero-order valence-electron chi connectivity index (χ0n) is 13.8. The third-order valence-corrected chi connectivity index (χ3v) is 3.12. The van der Waals surface area contributed by atoms with Gasteiger partial charge in [-0.25, -0.2) is 4.99 Å². The van der Waals surface area contributed by atoms with Crippen LogP contribution < -0.4 is 15.4 Å².